The molecular formula is C13H14ClNO3S2. The number of hydrogen-bond donors (Lipinski definition) is 2. The molecule has 2 aromatic rings. The van der Waals surface area contributed by atoms with E-state index in [9.17, 15) is 8.42 Å². The van der Waals surface area contributed by atoms with Crippen LogP contribution >= 0.6 is 22.9 Å². The Balaban J connectivity index is 2.40. The topological polar surface area (TPSA) is 66.4 Å². The lowest BCUT2D eigenvalue weighted by Gasteiger charge is -2.11. The molecule has 2 rings (SSSR count). The fraction of sp³-hybridized carbons (Fsp3) is 0.231. The molecule has 0 bridgehead atoms. The van der Waals surface area contributed by atoms with Gasteiger partial charge in [0, 0.05) is 14.8 Å². The zero-order chi connectivity index (χ0) is 14.9. The fourth-order valence-corrected chi connectivity index (χ4v) is 4.58. The van der Waals surface area contributed by atoms with Gasteiger partial charge < -0.3 is 5.11 Å². The lowest BCUT2D eigenvalue weighted by atomic mass is 10.2. The molecule has 0 unspecified atom stereocenters. The van der Waals surface area contributed by atoms with E-state index in [4.69, 9.17) is 16.7 Å². The predicted octanol–water partition coefficient (Wildman–Crippen LogP) is 3.31. The van der Waals surface area contributed by atoms with Gasteiger partial charge in [0.2, 0.25) is 0 Å². The maximum atomic E-state index is 12.4. The lowest BCUT2D eigenvalue weighted by Crippen LogP contribution is -2.14. The van der Waals surface area contributed by atoms with Crippen molar-refractivity contribution < 1.29 is 13.5 Å². The van der Waals surface area contributed by atoms with Crippen LogP contribution in [0.5, 0.6) is 0 Å². The van der Waals surface area contributed by atoms with Crippen LogP contribution in [0.2, 0.25) is 5.02 Å². The average Bonchev–Trinajstić information content (AvgIpc) is 2.77. The smallest absolute Gasteiger partial charge is 0.263 e. The molecule has 0 saturated heterocycles. The van der Waals surface area contributed by atoms with E-state index in [2.05, 4.69) is 4.72 Å². The van der Waals surface area contributed by atoms with E-state index in [-0.39, 0.29) is 11.5 Å². The summed E-state index contributed by atoms with van der Waals surface area (Å²) in [4.78, 5) is 1.44. The summed E-state index contributed by atoms with van der Waals surface area (Å²) in [6.45, 7) is 3.29. The van der Waals surface area contributed by atoms with Crippen molar-refractivity contribution >= 4 is 38.6 Å². The van der Waals surface area contributed by atoms with Crippen LogP contribution in [-0.2, 0) is 16.6 Å². The minimum absolute atomic E-state index is 0.169. The largest absolute Gasteiger partial charge is 0.391 e. The molecule has 0 spiro atoms. The Kier molecular flexibility index (Phi) is 4.39. The molecule has 0 saturated carbocycles. The Bertz CT molecular complexity index is 738. The SMILES string of the molecule is Cc1sc(CO)cc1S(=O)(=O)Nc1cccc(Cl)c1C. The second kappa shape index (κ2) is 5.73. The summed E-state index contributed by atoms with van der Waals surface area (Å²) in [6, 6.07) is 6.54. The van der Waals surface area contributed by atoms with Gasteiger partial charge in [-0.25, -0.2) is 8.42 Å². The Morgan fingerprint density at radius 1 is 1.35 bits per heavy atom. The van der Waals surface area contributed by atoms with Crippen molar-refractivity contribution in [3.63, 3.8) is 0 Å². The Hall–Kier alpha value is -1.08. The molecule has 20 heavy (non-hydrogen) atoms. The van der Waals surface area contributed by atoms with E-state index in [0.717, 1.165) is 0 Å². The van der Waals surface area contributed by atoms with Crippen LogP contribution in [0.15, 0.2) is 29.2 Å². The van der Waals surface area contributed by atoms with Gasteiger partial charge >= 0.3 is 0 Å². The monoisotopic (exact) mass is 331 g/mol. The highest BCUT2D eigenvalue weighted by atomic mass is 35.5. The molecule has 0 aliphatic carbocycles. The number of nitrogens with one attached hydrogen (secondary N) is 1. The molecular weight excluding hydrogens is 318 g/mol. The predicted molar refractivity (Wildman–Crippen MR) is 82.0 cm³/mol. The van der Waals surface area contributed by atoms with Crippen LogP contribution in [0.25, 0.3) is 0 Å². The van der Waals surface area contributed by atoms with Crippen molar-refractivity contribution in [2.75, 3.05) is 4.72 Å². The molecule has 108 valence electrons. The molecule has 2 N–H and O–H groups in total. The molecule has 4 nitrogen and oxygen atoms in total. The first-order chi connectivity index (χ1) is 9.35. The Morgan fingerprint density at radius 3 is 2.65 bits per heavy atom. The third-order valence-corrected chi connectivity index (χ3v) is 5.95. The van der Waals surface area contributed by atoms with E-state index in [1.165, 1.54) is 17.4 Å². The summed E-state index contributed by atoms with van der Waals surface area (Å²) in [5.74, 6) is 0. The number of anilines is 1. The first kappa shape index (κ1) is 15.3. The standard InChI is InChI=1S/C13H14ClNO3S2/c1-8-11(14)4-3-5-12(8)15-20(17,18)13-6-10(7-16)19-9(13)2/h3-6,15-16H,7H2,1-2H3. The molecule has 0 atom stereocenters. The van der Waals surface area contributed by atoms with Gasteiger partial charge in [-0.15, -0.1) is 11.3 Å². The molecule has 1 aromatic heterocycles. The first-order valence-electron chi connectivity index (χ1n) is 5.83. The van der Waals surface area contributed by atoms with E-state index < -0.39 is 10.0 Å². The fourth-order valence-electron chi connectivity index (χ4n) is 1.79. The van der Waals surface area contributed by atoms with Crippen LogP contribution in [0.4, 0.5) is 5.69 Å². The van der Waals surface area contributed by atoms with E-state index >= 15 is 0 Å². The quantitative estimate of drug-likeness (QED) is 0.903. The van der Waals surface area contributed by atoms with Crippen LogP contribution in [-0.4, -0.2) is 13.5 Å². The zero-order valence-corrected chi connectivity index (χ0v) is 13.4. The number of aryl methyl sites for hydroxylation is 1. The van der Waals surface area contributed by atoms with Crippen molar-refractivity contribution in [3.8, 4) is 0 Å². The number of rotatable bonds is 4. The van der Waals surface area contributed by atoms with Crippen molar-refractivity contribution in [2.24, 2.45) is 0 Å². The molecule has 7 heteroatoms. The maximum Gasteiger partial charge on any atom is 0.263 e. The third kappa shape index (κ3) is 2.98. The van der Waals surface area contributed by atoms with Crippen LogP contribution in [0.3, 0.4) is 0 Å². The molecule has 0 aliphatic rings. The minimum Gasteiger partial charge on any atom is -0.391 e. The summed E-state index contributed by atoms with van der Waals surface area (Å²) < 4.78 is 27.3. The van der Waals surface area contributed by atoms with Gasteiger partial charge in [-0.05, 0) is 37.6 Å². The summed E-state index contributed by atoms with van der Waals surface area (Å²) in [5, 5.41) is 9.59. The number of hydrogen-bond acceptors (Lipinski definition) is 4. The number of benzene rings is 1. The van der Waals surface area contributed by atoms with Crippen LogP contribution in [0, 0.1) is 13.8 Å². The van der Waals surface area contributed by atoms with Crippen molar-refractivity contribution in [3.05, 3.63) is 44.6 Å². The molecule has 0 radical (unpaired) electrons. The van der Waals surface area contributed by atoms with E-state index in [0.29, 0.717) is 26.0 Å². The molecule has 1 heterocycles. The van der Waals surface area contributed by atoms with Gasteiger partial charge in [-0.2, -0.15) is 0 Å². The van der Waals surface area contributed by atoms with E-state index in [1.807, 2.05) is 0 Å². The summed E-state index contributed by atoms with van der Waals surface area (Å²) in [5.41, 5.74) is 1.13. The number of aliphatic hydroxyl groups is 1. The molecule has 0 amide bonds. The highest BCUT2D eigenvalue weighted by Gasteiger charge is 2.20. The molecule has 0 fully saturated rings. The molecule has 1 aromatic carbocycles. The number of halogens is 1. The van der Waals surface area contributed by atoms with Gasteiger partial charge in [0.15, 0.2) is 0 Å². The average molecular weight is 332 g/mol. The van der Waals surface area contributed by atoms with Gasteiger partial charge in [-0.3, -0.25) is 4.72 Å². The minimum atomic E-state index is -3.68. The van der Waals surface area contributed by atoms with Crippen molar-refractivity contribution in [2.45, 2.75) is 25.3 Å². The Morgan fingerprint density at radius 2 is 2.05 bits per heavy atom. The highest BCUT2D eigenvalue weighted by molar-refractivity contribution is 7.93. The number of aliphatic hydroxyl groups excluding tert-OH is 1. The zero-order valence-electron chi connectivity index (χ0n) is 11.0. The van der Waals surface area contributed by atoms with Crippen LogP contribution < -0.4 is 4.72 Å². The van der Waals surface area contributed by atoms with Crippen molar-refractivity contribution in [1.29, 1.82) is 0 Å². The van der Waals surface area contributed by atoms with Gasteiger partial charge in [0.1, 0.15) is 4.90 Å². The number of thiophene rings is 1. The summed E-state index contributed by atoms with van der Waals surface area (Å²) >= 11 is 7.24. The second-order valence-electron chi connectivity index (χ2n) is 4.31. The summed E-state index contributed by atoms with van der Waals surface area (Å²) in [6.07, 6.45) is 0. The third-order valence-electron chi connectivity index (χ3n) is 2.88. The maximum absolute atomic E-state index is 12.4. The van der Waals surface area contributed by atoms with Gasteiger partial charge in [0.25, 0.3) is 10.0 Å². The molecule has 0 aliphatic heterocycles. The van der Waals surface area contributed by atoms with E-state index in [1.54, 1.807) is 32.0 Å². The van der Waals surface area contributed by atoms with Crippen molar-refractivity contribution in [1.82, 2.24) is 0 Å². The number of sulfonamides is 1. The summed E-state index contributed by atoms with van der Waals surface area (Å²) in [7, 11) is -3.68. The van der Waals surface area contributed by atoms with Gasteiger partial charge in [-0.1, -0.05) is 17.7 Å². The highest BCUT2D eigenvalue weighted by Crippen LogP contribution is 2.29. The van der Waals surface area contributed by atoms with Gasteiger partial charge in [0.05, 0.1) is 12.3 Å². The normalized spacial score (nSPS) is 11.6. The second-order valence-corrected chi connectivity index (χ2v) is 7.71. The Labute approximate surface area is 127 Å². The first-order valence-corrected chi connectivity index (χ1v) is 8.51. The van der Waals surface area contributed by atoms with Crippen LogP contribution in [0.1, 0.15) is 15.3 Å². The lowest BCUT2D eigenvalue weighted by molar-refractivity contribution is 0.285.